The number of nitrogens with one attached hydrogen (secondary N) is 1. The van der Waals surface area contributed by atoms with E-state index in [9.17, 15) is 9.50 Å². The SMILES string of the molecule is C[C@@](Cc1ccccc1F)(N[C@H](CO)c1ccccc1)c1ccco1. The second kappa shape index (κ2) is 7.64. The second-order valence-electron chi connectivity index (χ2n) is 6.37. The molecule has 0 fully saturated rings. The third-order valence-corrected chi connectivity index (χ3v) is 4.44. The molecular formula is C21H22FNO2. The molecule has 3 nitrogen and oxygen atoms in total. The van der Waals surface area contributed by atoms with Crippen molar-refractivity contribution in [2.75, 3.05) is 6.61 Å². The predicted octanol–water partition coefficient (Wildman–Crippen LogP) is 4.20. The minimum absolute atomic E-state index is 0.0718. The first-order valence-corrected chi connectivity index (χ1v) is 8.33. The summed E-state index contributed by atoms with van der Waals surface area (Å²) in [6.07, 6.45) is 2.00. The molecule has 2 aromatic carbocycles. The van der Waals surface area contributed by atoms with Crippen molar-refractivity contribution in [1.82, 2.24) is 5.32 Å². The van der Waals surface area contributed by atoms with Gasteiger partial charge in [0.25, 0.3) is 0 Å². The summed E-state index contributed by atoms with van der Waals surface area (Å²) in [5.74, 6) is 0.451. The predicted molar refractivity (Wildman–Crippen MR) is 95.6 cm³/mol. The largest absolute Gasteiger partial charge is 0.467 e. The Morgan fingerprint density at radius 1 is 1.04 bits per heavy atom. The van der Waals surface area contributed by atoms with Gasteiger partial charge in [-0.2, -0.15) is 0 Å². The summed E-state index contributed by atoms with van der Waals surface area (Å²) in [5, 5.41) is 13.4. The van der Waals surface area contributed by atoms with Gasteiger partial charge in [-0.05, 0) is 36.2 Å². The molecule has 1 heterocycles. The average molecular weight is 339 g/mol. The molecule has 0 spiro atoms. The highest BCUT2D eigenvalue weighted by Gasteiger charge is 2.33. The van der Waals surface area contributed by atoms with Crippen LogP contribution in [0.15, 0.2) is 77.4 Å². The molecule has 3 rings (SSSR count). The zero-order valence-corrected chi connectivity index (χ0v) is 14.2. The normalized spacial score (nSPS) is 14.8. The van der Waals surface area contributed by atoms with E-state index in [1.54, 1.807) is 18.4 Å². The topological polar surface area (TPSA) is 45.4 Å². The summed E-state index contributed by atoms with van der Waals surface area (Å²) < 4.78 is 19.8. The number of benzene rings is 2. The first kappa shape index (κ1) is 17.4. The highest BCUT2D eigenvalue weighted by Crippen LogP contribution is 2.30. The summed E-state index contributed by atoms with van der Waals surface area (Å²) >= 11 is 0. The highest BCUT2D eigenvalue weighted by atomic mass is 19.1. The number of hydrogen-bond donors (Lipinski definition) is 2. The maximum Gasteiger partial charge on any atom is 0.126 e. The molecule has 0 unspecified atom stereocenters. The molecule has 0 amide bonds. The van der Waals surface area contributed by atoms with Crippen LogP contribution in [-0.2, 0) is 12.0 Å². The lowest BCUT2D eigenvalue weighted by molar-refractivity contribution is 0.187. The standard InChI is InChI=1S/C21H22FNO2/c1-21(20-12-7-13-25-20,14-17-10-5-6-11-18(17)22)23-19(15-24)16-8-3-2-4-9-16/h2-13,19,23-24H,14-15H2,1H3/t19-,21+/m1/s1. The van der Waals surface area contributed by atoms with Crippen LogP contribution in [0, 0.1) is 5.82 Å². The molecule has 3 aromatic rings. The van der Waals surface area contributed by atoms with Crippen molar-refractivity contribution in [1.29, 1.82) is 0 Å². The Balaban J connectivity index is 1.93. The monoisotopic (exact) mass is 339 g/mol. The second-order valence-corrected chi connectivity index (χ2v) is 6.37. The van der Waals surface area contributed by atoms with Crippen LogP contribution < -0.4 is 5.32 Å². The number of halogens is 1. The van der Waals surface area contributed by atoms with E-state index >= 15 is 0 Å². The fourth-order valence-corrected chi connectivity index (χ4v) is 3.13. The summed E-state index contributed by atoms with van der Waals surface area (Å²) in [6.45, 7) is 1.89. The van der Waals surface area contributed by atoms with Crippen LogP contribution in [0.1, 0.15) is 29.9 Å². The third-order valence-electron chi connectivity index (χ3n) is 4.44. The average Bonchev–Trinajstić information content (AvgIpc) is 3.18. The molecule has 0 radical (unpaired) electrons. The van der Waals surface area contributed by atoms with Gasteiger partial charge in [-0.3, -0.25) is 5.32 Å². The van der Waals surface area contributed by atoms with Crippen molar-refractivity contribution in [3.8, 4) is 0 Å². The molecule has 130 valence electrons. The Morgan fingerprint density at radius 3 is 2.40 bits per heavy atom. The molecule has 2 N–H and O–H groups in total. The minimum Gasteiger partial charge on any atom is -0.467 e. The Morgan fingerprint density at radius 2 is 1.76 bits per heavy atom. The minimum atomic E-state index is -0.672. The molecule has 25 heavy (non-hydrogen) atoms. The van der Waals surface area contributed by atoms with Gasteiger partial charge in [0.05, 0.1) is 24.5 Å². The van der Waals surface area contributed by atoms with Gasteiger partial charge in [0.2, 0.25) is 0 Å². The molecule has 0 aliphatic carbocycles. The fourth-order valence-electron chi connectivity index (χ4n) is 3.13. The molecule has 0 saturated heterocycles. The van der Waals surface area contributed by atoms with Gasteiger partial charge in [0.15, 0.2) is 0 Å². The van der Waals surface area contributed by atoms with E-state index in [1.807, 2.05) is 55.5 Å². The number of furan rings is 1. The van der Waals surface area contributed by atoms with Gasteiger partial charge >= 0.3 is 0 Å². The van der Waals surface area contributed by atoms with Crippen LogP contribution in [0.5, 0.6) is 0 Å². The zero-order chi connectivity index (χ0) is 17.7. The number of rotatable bonds is 7. The summed E-state index contributed by atoms with van der Waals surface area (Å²) in [7, 11) is 0. The summed E-state index contributed by atoms with van der Waals surface area (Å²) in [6, 6.07) is 19.8. The number of aliphatic hydroxyl groups excluding tert-OH is 1. The highest BCUT2D eigenvalue weighted by molar-refractivity contribution is 5.26. The van der Waals surface area contributed by atoms with Gasteiger partial charge in [-0.1, -0.05) is 48.5 Å². The number of aliphatic hydroxyl groups is 1. The molecular weight excluding hydrogens is 317 g/mol. The van der Waals surface area contributed by atoms with Gasteiger partial charge in [0.1, 0.15) is 11.6 Å². The van der Waals surface area contributed by atoms with Crippen LogP contribution in [0.25, 0.3) is 0 Å². The van der Waals surface area contributed by atoms with Crippen LogP contribution in [0.2, 0.25) is 0 Å². The van der Waals surface area contributed by atoms with Crippen LogP contribution >= 0.6 is 0 Å². The first-order valence-electron chi connectivity index (χ1n) is 8.33. The van der Waals surface area contributed by atoms with E-state index in [0.717, 1.165) is 5.56 Å². The molecule has 0 aliphatic rings. The quantitative estimate of drug-likeness (QED) is 0.678. The molecule has 0 saturated carbocycles. The van der Waals surface area contributed by atoms with E-state index in [1.165, 1.54) is 6.07 Å². The summed E-state index contributed by atoms with van der Waals surface area (Å²) in [5.41, 5.74) is 0.893. The lowest BCUT2D eigenvalue weighted by Crippen LogP contribution is -2.44. The van der Waals surface area contributed by atoms with Crippen molar-refractivity contribution in [2.45, 2.75) is 24.9 Å². The lowest BCUT2D eigenvalue weighted by Gasteiger charge is -2.33. The smallest absolute Gasteiger partial charge is 0.126 e. The van der Waals surface area contributed by atoms with Crippen molar-refractivity contribution in [3.05, 3.63) is 95.7 Å². The number of hydrogen-bond acceptors (Lipinski definition) is 3. The molecule has 0 bridgehead atoms. The molecule has 1 aromatic heterocycles. The van der Waals surface area contributed by atoms with Gasteiger partial charge in [-0.25, -0.2) is 4.39 Å². The Kier molecular flexibility index (Phi) is 5.31. The van der Waals surface area contributed by atoms with Gasteiger partial charge in [-0.15, -0.1) is 0 Å². The maximum absolute atomic E-state index is 14.2. The molecule has 0 aliphatic heterocycles. The van der Waals surface area contributed by atoms with E-state index < -0.39 is 5.54 Å². The third kappa shape index (κ3) is 3.98. The molecule has 2 atom stereocenters. The van der Waals surface area contributed by atoms with E-state index in [0.29, 0.717) is 17.7 Å². The Bertz CT molecular complexity index is 789. The van der Waals surface area contributed by atoms with E-state index in [4.69, 9.17) is 4.42 Å². The van der Waals surface area contributed by atoms with Crippen molar-refractivity contribution in [3.63, 3.8) is 0 Å². The van der Waals surface area contributed by atoms with Crippen LogP contribution in [-0.4, -0.2) is 11.7 Å². The van der Waals surface area contributed by atoms with E-state index in [2.05, 4.69) is 5.32 Å². The Labute approximate surface area is 147 Å². The maximum atomic E-state index is 14.2. The fraction of sp³-hybridized carbons (Fsp3) is 0.238. The van der Waals surface area contributed by atoms with Crippen molar-refractivity contribution >= 4 is 0 Å². The van der Waals surface area contributed by atoms with Crippen LogP contribution in [0.3, 0.4) is 0 Å². The van der Waals surface area contributed by atoms with Gasteiger partial charge < -0.3 is 9.52 Å². The van der Waals surface area contributed by atoms with Crippen LogP contribution in [0.4, 0.5) is 4.39 Å². The summed E-state index contributed by atoms with van der Waals surface area (Å²) in [4.78, 5) is 0. The van der Waals surface area contributed by atoms with E-state index in [-0.39, 0.29) is 18.5 Å². The molecule has 4 heteroatoms. The lowest BCUT2D eigenvalue weighted by atomic mass is 9.88. The van der Waals surface area contributed by atoms with Gasteiger partial charge in [0, 0.05) is 6.42 Å². The first-order chi connectivity index (χ1) is 12.1. The van der Waals surface area contributed by atoms with Crippen molar-refractivity contribution < 1.29 is 13.9 Å². The zero-order valence-electron chi connectivity index (χ0n) is 14.2. The van der Waals surface area contributed by atoms with Crippen molar-refractivity contribution in [2.24, 2.45) is 0 Å². The Hall–Kier alpha value is -2.43.